The van der Waals surface area contributed by atoms with E-state index in [0.717, 1.165) is 35.1 Å². The number of benzene rings is 2. The number of hydrogen-bond acceptors (Lipinski definition) is 3. The van der Waals surface area contributed by atoms with Crippen molar-refractivity contribution in [2.45, 2.75) is 52.0 Å². The van der Waals surface area contributed by atoms with E-state index in [-0.39, 0.29) is 17.0 Å². The second-order valence-corrected chi connectivity index (χ2v) is 10.0. The normalized spacial score (nSPS) is 17.4. The molecule has 2 heterocycles. The number of H-pyrrole nitrogens is 1. The van der Waals surface area contributed by atoms with Gasteiger partial charge in [-0.1, -0.05) is 36.7 Å². The monoisotopic (exact) mass is 474 g/mol. The molecule has 3 aromatic rings. The number of nitrogens with zero attached hydrogens (tertiary/aromatic N) is 2. The van der Waals surface area contributed by atoms with Crippen LogP contribution >= 0.6 is 11.6 Å². The highest BCUT2D eigenvalue weighted by Crippen LogP contribution is 2.45. The zero-order valence-electron chi connectivity index (χ0n) is 20.2. The summed E-state index contributed by atoms with van der Waals surface area (Å²) in [5.41, 5.74) is 5.34. The van der Waals surface area contributed by atoms with E-state index in [0.29, 0.717) is 29.5 Å². The van der Waals surface area contributed by atoms with Crippen molar-refractivity contribution in [1.29, 1.82) is 5.26 Å². The van der Waals surface area contributed by atoms with Gasteiger partial charge in [-0.25, -0.2) is 0 Å². The van der Waals surface area contributed by atoms with Gasteiger partial charge in [0.1, 0.15) is 11.6 Å². The number of rotatable bonds is 6. The number of nitrogens with one attached hydrogen (secondary N) is 2. The van der Waals surface area contributed by atoms with Crippen LogP contribution in [0.3, 0.4) is 0 Å². The second kappa shape index (κ2) is 9.56. The lowest BCUT2D eigenvalue weighted by Gasteiger charge is -2.47. The van der Waals surface area contributed by atoms with Gasteiger partial charge in [-0.2, -0.15) is 5.26 Å². The minimum Gasteiger partial charge on any atom is -0.366 e. The number of anilines is 1. The van der Waals surface area contributed by atoms with Crippen molar-refractivity contribution in [2.75, 3.05) is 18.0 Å². The number of aromatic nitrogens is 1. The molecule has 0 fully saturated rings. The number of hydrogen-bond donors (Lipinski definition) is 2. The van der Waals surface area contributed by atoms with Gasteiger partial charge in [0.25, 0.3) is 5.91 Å². The number of aromatic amines is 1. The summed E-state index contributed by atoms with van der Waals surface area (Å²) in [6.07, 6.45) is 5.27. The minimum absolute atomic E-state index is 0.0460. The average molecular weight is 475 g/mol. The highest BCUT2D eigenvalue weighted by Gasteiger charge is 2.35. The number of para-hydroxylation sites is 1. The Morgan fingerprint density at radius 1 is 1.35 bits per heavy atom. The number of amides is 1. The molecule has 1 amide bonds. The fourth-order valence-corrected chi connectivity index (χ4v) is 5.49. The Hall–Kier alpha value is -3.23. The van der Waals surface area contributed by atoms with Crippen LogP contribution in [0.1, 0.15) is 56.7 Å². The molecule has 1 unspecified atom stereocenters. The molecule has 1 aromatic heterocycles. The Balaban J connectivity index is 1.52. The molecule has 1 aliphatic rings. The van der Waals surface area contributed by atoms with Crippen LogP contribution < -0.4 is 10.2 Å². The van der Waals surface area contributed by atoms with E-state index in [9.17, 15) is 10.1 Å². The highest BCUT2D eigenvalue weighted by atomic mass is 35.5. The number of halogens is 1. The van der Waals surface area contributed by atoms with Crippen LogP contribution in [0.25, 0.3) is 17.0 Å². The van der Waals surface area contributed by atoms with Crippen molar-refractivity contribution < 1.29 is 4.79 Å². The maximum absolute atomic E-state index is 12.8. The van der Waals surface area contributed by atoms with E-state index in [1.807, 2.05) is 42.6 Å². The van der Waals surface area contributed by atoms with Crippen LogP contribution in [0, 0.1) is 11.3 Å². The highest BCUT2D eigenvalue weighted by molar-refractivity contribution is 6.32. The van der Waals surface area contributed by atoms with Gasteiger partial charge < -0.3 is 15.2 Å². The molecular weight excluding hydrogens is 444 g/mol. The van der Waals surface area contributed by atoms with Crippen LogP contribution in [0.2, 0.25) is 5.02 Å². The van der Waals surface area contributed by atoms with Crippen LogP contribution in [0.5, 0.6) is 0 Å². The zero-order chi connectivity index (χ0) is 24.5. The van der Waals surface area contributed by atoms with Gasteiger partial charge in [-0.15, -0.1) is 0 Å². The van der Waals surface area contributed by atoms with Gasteiger partial charge in [-0.05, 0) is 80.5 Å². The molecule has 0 saturated carbocycles. The standard InChI is InChI=1S/C28H31ClN4O/c1-5-33-26-14-24(29)20(13-23(26)18(2)15-28(33,3)4)12-21(16-30)27(34)31-11-10-19-17-32-25-9-7-6-8-22(19)25/h6-9,12-14,17-18,32H,5,10-11,15H2,1-4H3,(H,31,34)/b21-12+. The van der Waals surface area contributed by atoms with Crippen LogP contribution in [-0.4, -0.2) is 29.5 Å². The molecule has 1 aliphatic heterocycles. The molecule has 0 saturated heterocycles. The van der Waals surface area contributed by atoms with Gasteiger partial charge in [0, 0.05) is 46.4 Å². The van der Waals surface area contributed by atoms with Gasteiger partial charge in [-0.3, -0.25) is 4.79 Å². The summed E-state index contributed by atoms with van der Waals surface area (Å²) >= 11 is 6.64. The molecule has 0 spiro atoms. The van der Waals surface area contributed by atoms with Crippen molar-refractivity contribution >= 4 is 40.2 Å². The van der Waals surface area contributed by atoms with Crippen molar-refractivity contribution in [3.05, 3.63) is 69.9 Å². The maximum atomic E-state index is 12.8. The van der Waals surface area contributed by atoms with Crippen LogP contribution in [0.15, 0.2) is 48.2 Å². The lowest BCUT2D eigenvalue weighted by Crippen LogP contribution is -2.48. The number of fused-ring (bicyclic) bond motifs is 2. The summed E-state index contributed by atoms with van der Waals surface area (Å²) in [5, 5.41) is 14.2. The van der Waals surface area contributed by atoms with Gasteiger partial charge in [0.05, 0.1) is 0 Å². The average Bonchev–Trinajstić information content (AvgIpc) is 3.20. The Kier molecular flexibility index (Phi) is 6.72. The summed E-state index contributed by atoms with van der Waals surface area (Å²) in [6, 6.07) is 14.1. The van der Waals surface area contributed by atoms with Crippen molar-refractivity contribution in [1.82, 2.24) is 10.3 Å². The summed E-state index contributed by atoms with van der Waals surface area (Å²) < 4.78 is 0. The third kappa shape index (κ3) is 4.56. The smallest absolute Gasteiger partial charge is 0.261 e. The molecule has 0 radical (unpaired) electrons. The first-order valence-corrected chi connectivity index (χ1v) is 12.2. The van der Waals surface area contributed by atoms with Crippen LogP contribution in [0.4, 0.5) is 5.69 Å². The summed E-state index contributed by atoms with van der Waals surface area (Å²) in [6.45, 7) is 10.2. The molecule has 176 valence electrons. The van der Waals surface area contributed by atoms with Crippen molar-refractivity contribution in [3.63, 3.8) is 0 Å². The van der Waals surface area contributed by atoms with E-state index >= 15 is 0 Å². The topological polar surface area (TPSA) is 71.9 Å². The molecule has 0 aliphatic carbocycles. The lowest BCUT2D eigenvalue weighted by atomic mass is 9.79. The number of carbonyl (C=O) groups excluding carboxylic acids is 1. The molecule has 1 atom stereocenters. The minimum atomic E-state index is -0.388. The van der Waals surface area contributed by atoms with E-state index in [2.05, 4.69) is 49.0 Å². The SMILES string of the molecule is CCN1c2cc(Cl)c(/C=C(\C#N)C(=O)NCCc3c[nH]c4ccccc34)cc2C(C)CC1(C)C. The van der Waals surface area contributed by atoms with E-state index in [1.54, 1.807) is 6.08 Å². The lowest BCUT2D eigenvalue weighted by molar-refractivity contribution is -0.117. The van der Waals surface area contributed by atoms with Gasteiger partial charge in [0.15, 0.2) is 0 Å². The summed E-state index contributed by atoms with van der Waals surface area (Å²) in [5.74, 6) is -0.0340. The van der Waals surface area contributed by atoms with Crippen molar-refractivity contribution in [2.24, 2.45) is 0 Å². The first kappa shape index (κ1) is 23.9. The first-order valence-electron chi connectivity index (χ1n) is 11.8. The van der Waals surface area contributed by atoms with Crippen LogP contribution in [-0.2, 0) is 11.2 Å². The molecule has 2 N–H and O–H groups in total. The number of nitriles is 1. The predicted molar refractivity (Wildman–Crippen MR) is 140 cm³/mol. The molecule has 5 nitrogen and oxygen atoms in total. The fourth-order valence-electron chi connectivity index (χ4n) is 5.28. The second-order valence-electron chi connectivity index (χ2n) is 9.63. The van der Waals surface area contributed by atoms with Crippen molar-refractivity contribution in [3.8, 4) is 6.07 Å². The molecule has 34 heavy (non-hydrogen) atoms. The Morgan fingerprint density at radius 3 is 2.85 bits per heavy atom. The molecule has 4 rings (SSSR count). The Labute approximate surface area is 206 Å². The van der Waals surface area contributed by atoms with Gasteiger partial charge in [0.2, 0.25) is 0 Å². The molecule has 2 aromatic carbocycles. The van der Waals surface area contributed by atoms with Gasteiger partial charge >= 0.3 is 0 Å². The quantitative estimate of drug-likeness (QED) is 0.330. The largest absolute Gasteiger partial charge is 0.366 e. The molecule has 0 bridgehead atoms. The Bertz CT molecular complexity index is 1300. The Morgan fingerprint density at radius 2 is 2.12 bits per heavy atom. The number of carbonyl (C=O) groups is 1. The third-order valence-electron chi connectivity index (χ3n) is 6.84. The van der Waals surface area contributed by atoms with E-state index in [4.69, 9.17) is 11.6 Å². The van der Waals surface area contributed by atoms with E-state index < -0.39 is 0 Å². The third-order valence-corrected chi connectivity index (χ3v) is 7.17. The first-order chi connectivity index (χ1) is 16.2. The predicted octanol–water partition coefficient (Wildman–Crippen LogP) is 6.20. The van der Waals surface area contributed by atoms with E-state index in [1.165, 1.54) is 5.56 Å². The summed E-state index contributed by atoms with van der Waals surface area (Å²) in [7, 11) is 0. The summed E-state index contributed by atoms with van der Waals surface area (Å²) in [4.78, 5) is 18.4. The zero-order valence-corrected chi connectivity index (χ0v) is 21.0. The molecule has 6 heteroatoms. The molecular formula is C28H31ClN4O. The fraction of sp³-hybridized carbons (Fsp3) is 0.357. The maximum Gasteiger partial charge on any atom is 0.261 e.